The summed E-state index contributed by atoms with van der Waals surface area (Å²) in [6, 6.07) is 11.3. The van der Waals surface area contributed by atoms with Gasteiger partial charge in [-0.05, 0) is 47.9 Å². The molecule has 1 aliphatic rings. The van der Waals surface area contributed by atoms with E-state index in [1.165, 1.54) is 0 Å². The maximum absolute atomic E-state index is 8.25. The van der Waals surface area contributed by atoms with Crippen LogP contribution in [-0.2, 0) is 13.1 Å². The molecule has 2 aromatic carbocycles. The van der Waals surface area contributed by atoms with Crippen LogP contribution in [0.25, 0.3) is 0 Å². The second kappa shape index (κ2) is 8.29. The first-order chi connectivity index (χ1) is 11.0. The average molecular weight is 388 g/mol. The van der Waals surface area contributed by atoms with Crippen molar-refractivity contribution in [1.82, 2.24) is 4.90 Å². The fraction of sp³-hybridized carbons (Fsp3) is 0.235. The van der Waals surface area contributed by atoms with Crippen molar-refractivity contribution in [3.05, 3.63) is 68.2 Å². The van der Waals surface area contributed by atoms with Gasteiger partial charge in [0.1, 0.15) is 5.84 Å². The van der Waals surface area contributed by atoms with Gasteiger partial charge in [0.2, 0.25) is 0 Å². The normalized spacial score (nSPS) is 12.7. The predicted octanol–water partition coefficient (Wildman–Crippen LogP) is 5.97. The smallest absolute Gasteiger partial charge is 0.129 e. The third kappa shape index (κ3) is 4.57. The molecule has 0 aliphatic carbocycles. The van der Waals surface area contributed by atoms with Gasteiger partial charge in [-0.2, -0.15) is 11.8 Å². The van der Waals surface area contributed by atoms with Crippen LogP contribution >= 0.6 is 46.6 Å². The molecule has 0 bridgehead atoms. The van der Waals surface area contributed by atoms with E-state index >= 15 is 0 Å². The molecule has 0 amide bonds. The monoisotopic (exact) mass is 386 g/mol. The molecule has 0 saturated heterocycles. The van der Waals surface area contributed by atoms with Gasteiger partial charge in [0.15, 0.2) is 0 Å². The van der Waals surface area contributed by atoms with E-state index in [1.54, 1.807) is 17.8 Å². The van der Waals surface area contributed by atoms with Gasteiger partial charge in [0.05, 0.1) is 10.0 Å². The number of fused-ring (bicyclic) bond motifs is 1. The van der Waals surface area contributed by atoms with Crippen LogP contribution < -0.4 is 0 Å². The average Bonchev–Trinajstić information content (AvgIpc) is 2.77. The molecule has 3 rings (SSSR count). The van der Waals surface area contributed by atoms with Crippen LogP contribution in [-0.4, -0.2) is 23.2 Å². The first-order valence-electron chi connectivity index (χ1n) is 6.92. The molecule has 0 saturated carbocycles. The maximum Gasteiger partial charge on any atom is 0.129 e. The summed E-state index contributed by atoms with van der Waals surface area (Å²) in [4.78, 5) is 1.98. The number of nitrogens with zero attached hydrogens (tertiary/aromatic N) is 1. The molecule has 0 aromatic heterocycles. The number of hydrogen-bond donors (Lipinski definition) is 1. The highest BCUT2D eigenvalue weighted by molar-refractivity contribution is 7.97. The Labute approximate surface area is 156 Å². The highest BCUT2D eigenvalue weighted by Gasteiger charge is 2.25. The molecule has 1 aliphatic heterocycles. The van der Waals surface area contributed by atoms with Crippen molar-refractivity contribution in [2.75, 3.05) is 12.5 Å². The zero-order valence-electron chi connectivity index (χ0n) is 12.9. The van der Waals surface area contributed by atoms with Gasteiger partial charge in [0, 0.05) is 23.7 Å². The summed E-state index contributed by atoms with van der Waals surface area (Å²) >= 11 is 19.8. The zero-order valence-corrected chi connectivity index (χ0v) is 16.0. The lowest BCUT2D eigenvalue weighted by molar-refractivity contribution is 0.422. The molecule has 2 nitrogen and oxygen atoms in total. The Hall–Kier alpha value is -0.870. The van der Waals surface area contributed by atoms with E-state index in [0.717, 1.165) is 16.7 Å². The number of rotatable bonds is 2. The van der Waals surface area contributed by atoms with Crippen molar-refractivity contribution < 1.29 is 0 Å². The van der Waals surface area contributed by atoms with Crippen LogP contribution in [0.5, 0.6) is 0 Å². The van der Waals surface area contributed by atoms with Gasteiger partial charge in [-0.25, -0.2) is 0 Å². The minimum Gasteiger partial charge on any atom is -0.348 e. The van der Waals surface area contributed by atoms with E-state index in [2.05, 4.69) is 0 Å². The number of halogens is 3. The van der Waals surface area contributed by atoms with E-state index in [4.69, 9.17) is 40.2 Å². The highest BCUT2D eigenvalue weighted by Crippen LogP contribution is 2.32. The first kappa shape index (κ1) is 18.5. The zero-order chi connectivity index (χ0) is 17.0. The number of benzene rings is 2. The number of hydrogen-bond acceptors (Lipinski definition) is 2. The summed E-state index contributed by atoms with van der Waals surface area (Å²) in [7, 11) is 0. The largest absolute Gasteiger partial charge is 0.348 e. The molecule has 0 radical (unpaired) electrons. The van der Waals surface area contributed by atoms with E-state index in [0.29, 0.717) is 34.0 Å². The summed E-state index contributed by atoms with van der Waals surface area (Å²) in [6.07, 6.45) is 4.08. The first-order valence-corrected chi connectivity index (χ1v) is 9.69. The van der Waals surface area contributed by atoms with Crippen molar-refractivity contribution in [2.45, 2.75) is 13.1 Å². The van der Waals surface area contributed by atoms with E-state index < -0.39 is 0 Å². The van der Waals surface area contributed by atoms with Crippen LogP contribution in [0, 0.1) is 5.41 Å². The number of thioether (sulfide) groups is 1. The summed E-state index contributed by atoms with van der Waals surface area (Å²) in [5.41, 5.74) is 2.96. The molecular weight excluding hydrogens is 371 g/mol. The van der Waals surface area contributed by atoms with Crippen LogP contribution in [0.1, 0.15) is 16.7 Å². The Bertz CT molecular complexity index is 719. The van der Waals surface area contributed by atoms with E-state index in [1.807, 2.05) is 47.7 Å². The standard InChI is InChI=1S/C15H11Cl3N2.C2H6S/c16-11-3-1-2-9(4-11)7-20-8-10-5-13(17)14(18)6-12(10)15(20)19;1-3-2/h1-6,19H,7-8H2;1-2H3. The predicted molar refractivity (Wildman–Crippen MR) is 103 cm³/mol. The summed E-state index contributed by atoms with van der Waals surface area (Å²) in [5, 5.41) is 9.97. The fourth-order valence-electron chi connectivity index (χ4n) is 2.38. The van der Waals surface area contributed by atoms with Crippen molar-refractivity contribution in [3.63, 3.8) is 0 Å². The molecule has 23 heavy (non-hydrogen) atoms. The lowest BCUT2D eigenvalue weighted by Gasteiger charge is -2.18. The highest BCUT2D eigenvalue weighted by atomic mass is 35.5. The molecule has 0 atom stereocenters. The second-order valence-electron chi connectivity index (χ2n) is 5.17. The quantitative estimate of drug-likeness (QED) is 0.687. The van der Waals surface area contributed by atoms with E-state index in [9.17, 15) is 0 Å². The van der Waals surface area contributed by atoms with Gasteiger partial charge >= 0.3 is 0 Å². The lowest BCUT2D eigenvalue weighted by Crippen LogP contribution is -2.23. The molecule has 6 heteroatoms. The summed E-state index contributed by atoms with van der Waals surface area (Å²) in [6.45, 7) is 1.31. The van der Waals surface area contributed by atoms with Gasteiger partial charge in [0.25, 0.3) is 0 Å². The maximum atomic E-state index is 8.25. The molecule has 1 N–H and O–H groups in total. The van der Waals surface area contributed by atoms with Crippen LogP contribution in [0.4, 0.5) is 0 Å². The lowest BCUT2D eigenvalue weighted by atomic mass is 10.1. The molecule has 0 unspecified atom stereocenters. The Kier molecular flexibility index (Phi) is 6.66. The Morgan fingerprint density at radius 3 is 2.39 bits per heavy atom. The van der Waals surface area contributed by atoms with Crippen LogP contribution in [0.2, 0.25) is 15.1 Å². The fourth-order valence-corrected chi connectivity index (χ4v) is 2.95. The molecular formula is C17H17Cl3N2S. The minimum absolute atomic E-state index is 0.471. The number of nitrogens with one attached hydrogen (secondary N) is 1. The third-order valence-electron chi connectivity index (χ3n) is 3.34. The minimum atomic E-state index is 0.471. The molecule has 0 fully saturated rings. The van der Waals surface area contributed by atoms with Crippen molar-refractivity contribution in [2.24, 2.45) is 0 Å². The SMILES string of the molecule is CSC.N=C1c2cc(Cl)c(Cl)cc2CN1Cc1cccc(Cl)c1. The molecule has 122 valence electrons. The van der Waals surface area contributed by atoms with Crippen molar-refractivity contribution in [3.8, 4) is 0 Å². The summed E-state index contributed by atoms with van der Waals surface area (Å²) in [5.74, 6) is 0.471. The van der Waals surface area contributed by atoms with Gasteiger partial charge in [-0.15, -0.1) is 0 Å². The van der Waals surface area contributed by atoms with Crippen molar-refractivity contribution >= 4 is 52.4 Å². The van der Waals surface area contributed by atoms with Gasteiger partial charge in [-0.3, -0.25) is 5.41 Å². The Morgan fingerprint density at radius 2 is 1.74 bits per heavy atom. The van der Waals surface area contributed by atoms with Crippen molar-refractivity contribution in [1.29, 1.82) is 5.41 Å². The Balaban J connectivity index is 0.000000595. The third-order valence-corrected chi connectivity index (χ3v) is 4.30. The second-order valence-corrected chi connectivity index (χ2v) is 7.23. The topological polar surface area (TPSA) is 27.1 Å². The van der Waals surface area contributed by atoms with Gasteiger partial charge in [-0.1, -0.05) is 46.9 Å². The van der Waals surface area contributed by atoms with Crippen LogP contribution in [0.15, 0.2) is 36.4 Å². The number of amidine groups is 1. The molecule has 2 aromatic rings. The van der Waals surface area contributed by atoms with E-state index in [-0.39, 0.29) is 0 Å². The van der Waals surface area contributed by atoms with Crippen LogP contribution in [0.3, 0.4) is 0 Å². The molecule has 1 heterocycles. The Morgan fingerprint density at radius 1 is 1.09 bits per heavy atom. The van der Waals surface area contributed by atoms with Gasteiger partial charge < -0.3 is 4.90 Å². The summed E-state index contributed by atoms with van der Waals surface area (Å²) < 4.78 is 0. The molecule has 0 spiro atoms.